The van der Waals surface area contributed by atoms with Crippen molar-refractivity contribution < 1.29 is 9.59 Å². The molecule has 7 heteroatoms. The van der Waals surface area contributed by atoms with Crippen LogP contribution in [0.4, 0.5) is 11.4 Å². The predicted octanol–water partition coefficient (Wildman–Crippen LogP) is 4.37. The van der Waals surface area contributed by atoms with E-state index in [0.29, 0.717) is 21.3 Å². The van der Waals surface area contributed by atoms with E-state index in [-0.39, 0.29) is 11.8 Å². The number of thiophene rings is 1. The molecule has 2 amide bonds. The Morgan fingerprint density at radius 1 is 1.25 bits per heavy atom. The topological polar surface area (TPSA) is 58.2 Å². The van der Waals surface area contributed by atoms with E-state index in [1.807, 2.05) is 11.4 Å². The van der Waals surface area contributed by atoms with Gasteiger partial charge in [-0.05, 0) is 45.6 Å². The second-order valence-corrected chi connectivity index (χ2v) is 6.11. The highest BCUT2D eigenvalue weighted by Gasteiger charge is 2.12. The molecular formula is C13H10BrClN2O2S. The lowest BCUT2D eigenvalue weighted by molar-refractivity contribution is -0.114. The molecule has 20 heavy (non-hydrogen) atoms. The normalized spacial score (nSPS) is 10.2. The lowest BCUT2D eigenvalue weighted by atomic mass is 10.2. The van der Waals surface area contributed by atoms with Crippen LogP contribution in [0.3, 0.4) is 0 Å². The van der Waals surface area contributed by atoms with Crippen LogP contribution in [0.5, 0.6) is 0 Å². The van der Waals surface area contributed by atoms with E-state index in [2.05, 4.69) is 26.6 Å². The number of rotatable bonds is 3. The van der Waals surface area contributed by atoms with Gasteiger partial charge in [0.1, 0.15) is 4.88 Å². The molecule has 104 valence electrons. The first-order valence-electron chi connectivity index (χ1n) is 5.59. The summed E-state index contributed by atoms with van der Waals surface area (Å²) in [5.74, 6) is -0.415. The van der Waals surface area contributed by atoms with Crippen LogP contribution in [0.25, 0.3) is 0 Å². The summed E-state index contributed by atoms with van der Waals surface area (Å²) >= 11 is 10.7. The van der Waals surface area contributed by atoms with Crippen LogP contribution in [0.1, 0.15) is 16.6 Å². The number of benzene rings is 1. The number of nitrogens with one attached hydrogen (secondary N) is 2. The van der Waals surface area contributed by atoms with Crippen molar-refractivity contribution in [2.75, 3.05) is 10.6 Å². The molecule has 0 saturated carbocycles. The highest BCUT2D eigenvalue weighted by atomic mass is 79.9. The van der Waals surface area contributed by atoms with E-state index < -0.39 is 0 Å². The Labute approximate surface area is 133 Å². The third kappa shape index (κ3) is 3.59. The zero-order valence-corrected chi connectivity index (χ0v) is 13.5. The standard InChI is InChI=1S/C13H10BrClN2O2S/c1-7(18)16-11-3-2-8(6-10(11)15)17-13(19)12-9(14)4-5-20-12/h2-6H,1H3,(H,16,18)(H,17,19). The number of amides is 2. The minimum atomic E-state index is -0.213. The third-order valence-corrected chi connectivity index (χ3v) is 4.51. The van der Waals surface area contributed by atoms with Gasteiger partial charge < -0.3 is 10.6 Å². The van der Waals surface area contributed by atoms with Crippen LogP contribution < -0.4 is 10.6 Å². The van der Waals surface area contributed by atoms with Crippen molar-refractivity contribution in [2.24, 2.45) is 0 Å². The van der Waals surface area contributed by atoms with Gasteiger partial charge in [0.15, 0.2) is 0 Å². The highest BCUT2D eigenvalue weighted by molar-refractivity contribution is 9.10. The molecule has 0 fully saturated rings. The molecule has 0 spiro atoms. The van der Waals surface area contributed by atoms with Gasteiger partial charge in [-0.1, -0.05) is 11.6 Å². The number of halogens is 2. The molecule has 1 heterocycles. The molecule has 1 aromatic carbocycles. The Balaban J connectivity index is 2.15. The summed E-state index contributed by atoms with van der Waals surface area (Å²) in [6.45, 7) is 1.40. The van der Waals surface area contributed by atoms with Crippen LogP contribution in [0, 0.1) is 0 Å². The van der Waals surface area contributed by atoms with Crippen LogP contribution >= 0.6 is 38.9 Å². The van der Waals surface area contributed by atoms with Gasteiger partial charge in [-0.15, -0.1) is 11.3 Å². The molecule has 0 aliphatic heterocycles. The lowest BCUT2D eigenvalue weighted by Crippen LogP contribution is -2.11. The van der Waals surface area contributed by atoms with Gasteiger partial charge in [-0.2, -0.15) is 0 Å². The van der Waals surface area contributed by atoms with Crippen molar-refractivity contribution in [1.29, 1.82) is 0 Å². The summed E-state index contributed by atoms with van der Waals surface area (Å²) in [5.41, 5.74) is 1.07. The van der Waals surface area contributed by atoms with Crippen molar-refractivity contribution in [2.45, 2.75) is 6.92 Å². The third-order valence-electron chi connectivity index (χ3n) is 2.36. The molecule has 1 aromatic heterocycles. The molecule has 4 nitrogen and oxygen atoms in total. The summed E-state index contributed by atoms with van der Waals surface area (Å²) in [5, 5.41) is 7.54. The van der Waals surface area contributed by atoms with Gasteiger partial charge >= 0.3 is 0 Å². The molecule has 2 N–H and O–H groups in total. The van der Waals surface area contributed by atoms with Gasteiger partial charge in [0.2, 0.25) is 5.91 Å². The first-order valence-corrected chi connectivity index (χ1v) is 7.64. The van der Waals surface area contributed by atoms with E-state index in [4.69, 9.17) is 11.6 Å². The van der Waals surface area contributed by atoms with Gasteiger partial charge in [-0.25, -0.2) is 0 Å². The largest absolute Gasteiger partial charge is 0.325 e. The fourth-order valence-corrected chi connectivity index (χ4v) is 3.20. The SMILES string of the molecule is CC(=O)Nc1ccc(NC(=O)c2sccc2Br)cc1Cl. The van der Waals surface area contributed by atoms with Crippen molar-refractivity contribution in [1.82, 2.24) is 0 Å². The minimum Gasteiger partial charge on any atom is -0.325 e. The van der Waals surface area contributed by atoms with E-state index in [1.54, 1.807) is 18.2 Å². The van der Waals surface area contributed by atoms with Crippen LogP contribution in [0.15, 0.2) is 34.1 Å². The summed E-state index contributed by atoms with van der Waals surface area (Å²) in [7, 11) is 0. The fraction of sp³-hybridized carbons (Fsp3) is 0.0769. The Morgan fingerprint density at radius 3 is 2.55 bits per heavy atom. The minimum absolute atomic E-state index is 0.203. The first-order chi connectivity index (χ1) is 9.47. The van der Waals surface area contributed by atoms with Crippen molar-refractivity contribution in [3.8, 4) is 0 Å². The summed E-state index contributed by atoms with van der Waals surface area (Å²) < 4.78 is 0.751. The lowest BCUT2D eigenvalue weighted by Gasteiger charge is -2.08. The zero-order chi connectivity index (χ0) is 14.7. The number of hydrogen-bond donors (Lipinski definition) is 2. The molecule has 0 aliphatic rings. The molecule has 0 radical (unpaired) electrons. The Morgan fingerprint density at radius 2 is 2.00 bits per heavy atom. The summed E-state index contributed by atoms with van der Waals surface area (Å²) in [6.07, 6.45) is 0. The predicted molar refractivity (Wildman–Crippen MR) is 85.7 cm³/mol. The van der Waals surface area contributed by atoms with E-state index in [9.17, 15) is 9.59 Å². The van der Waals surface area contributed by atoms with E-state index >= 15 is 0 Å². The van der Waals surface area contributed by atoms with Crippen LogP contribution in [-0.2, 0) is 4.79 Å². The average Bonchev–Trinajstić information content (AvgIpc) is 2.78. The maximum atomic E-state index is 12.0. The molecule has 0 saturated heterocycles. The maximum absolute atomic E-state index is 12.0. The second kappa shape index (κ2) is 6.39. The molecule has 2 aromatic rings. The monoisotopic (exact) mass is 372 g/mol. The van der Waals surface area contributed by atoms with E-state index in [1.165, 1.54) is 18.3 Å². The summed E-state index contributed by atoms with van der Waals surface area (Å²) in [4.78, 5) is 23.6. The average molecular weight is 374 g/mol. The fourth-order valence-electron chi connectivity index (χ4n) is 1.53. The van der Waals surface area contributed by atoms with Crippen LogP contribution in [-0.4, -0.2) is 11.8 Å². The van der Waals surface area contributed by atoms with Gasteiger partial charge in [0.05, 0.1) is 10.7 Å². The van der Waals surface area contributed by atoms with Crippen molar-refractivity contribution in [3.63, 3.8) is 0 Å². The molecule has 0 atom stereocenters. The Kier molecular flexibility index (Phi) is 4.80. The molecule has 0 bridgehead atoms. The Bertz CT molecular complexity index is 672. The van der Waals surface area contributed by atoms with Crippen LogP contribution in [0.2, 0.25) is 5.02 Å². The number of carbonyl (C=O) groups is 2. The maximum Gasteiger partial charge on any atom is 0.266 e. The number of carbonyl (C=O) groups excluding carboxylic acids is 2. The first kappa shape index (κ1) is 15.0. The van der Waals surface area contributed by atoms with Crippen molar-refractivity contribution in [3.05, 3.63) is 44.0 Å². The second-order valence-electron chi connectivity index (χ2n) is 3.93. The Hall–Kier alpha value is -1.37. The number of hydrogen-bond acceptors (Lipinski definition) is 3. The smallest absolute Gasteiger partial charge is 0.266 e. The molecule has 2 rings (SSSR count). The van der Waals surface area contributed by atoms with E-state index in [0.717, 1.165) is 4.47 Å². The van der Waals surface area contributed by atoms with Gasteiger partial charge in [0.25, 0.3) is 5.91 Å². The molecule has 0 unspecified atom stereocenters. The summed E-state index contributed by atoms with van der Waals surface area (Å²) in [6, 6.07) is 6.72. The quantitative estimate of drug-likeness (QED) is 0.839. The highest BCUT2D eigenvalue weighted by Crippen LogP contribution is 2.27. The number of anilines is 2. The molecular weight excluding hydrogens is 364 g/mol. The van der Waals surface area contributed by atoms with Gasteiger partial charge in [-0.3, -0.25) is 9.59 Å². The zero-order valence-electron chi connectivity index (χ0n) is 10.4. The molecule has 0 aliphatic carbocycles. The van der Waals surface area contributed by atoms with Gasteiger partial charge in [0, 0.05) is 17.1 Å². The van der Waals surface area contributed by atoms with Crippen molar-refractivity contribution >= 4 is 62.1 Å².